The van der Waals surface area contributed by atoms with E-state index in [-0.39, 0.29) is 30.9 Å². The number of carbonyl (C=O) groups excluding carboxylic acids is 2. The topological polar surface area (TPSA) is 67.4 Å². The van der Waals surface area contributed by atoms with Crippen LogP contribution in [0, 0.1) is 0 Å². The Morgan fingerprint density at radius 1 is 1.08 bits per heavy atom. The molecule has 0 aromatic heterocycles. The number of esters is 1. The second-order valence-electron chi connectivity index (χ2n) is 6.47. The summed E-state index contributed by atoms with van der Waals surface area (Å²) >= 11 is 0. The lowest BCUT2D eigenvalue weighted by Gasteiger charge is -2.21. The normalized spacial score (nSPS) is 17.5. The smallest absolute Gasteiger partial charge is 0.308 e. The molecule has 2 N–H and O–H groups in total. The minimum absolute atomic E-state index is 0.0628. The molecule has 2 atom stereocenters. The Bertz CT molecular complexity index is 713. The maximum atomic E-state index is 12.5. The zero-order valence-electron chi connectivity index (χ0n) is 14.7. The highest BCUT2D eigenvalue weighted by molar-refractivity contribution is 5.83. The summed E-state index contributed by atoms with van der Waals surface area (Å²) in [7, 11) is 0. The predicted molar refractivity (Wildman–Crippen MR) is 99.2 cm³/mol. The van der Waals surface area contributed by atoms with Gasteiger partial charge in [-0.1, -0.05) is 60.7 Å². The van der Waals surface area contributed by atoms with Gasteiger partial charge in [0.05, 0.1) is 18.5 Å². The molecule has 0 unspecified atom stereocenters. The zero-order valence-corrected chi connectivity index (χ0v) is 14.7. The Hall–Kier alpha value is -2.66. The molecule has 1 fully saturated rings. The van der Waals surface area contributed by atoms with Crippen LogP contribution in [0.25, 0.3) is 0 Å². The summed E-state index contributed by atoms with van der Waals surface area (Å²) in [6.45, 7) is 1.09. The third-order valence-corrected chi connectivity index (χ3v) is 4.51. The number of amides is 1. The van der Waals surface area contributed by atoms with Gasteiger partial charge in [-0.15, -0.1) is 0 Å². The second kappa shape index (κ2) is 9.15. The summed E-state index contributed by atoms with van der Waals surface area (Å²) in [5.41, 5.74) is 1.84. The first-order valence-electron chi connectivity index (χ1n) is 9.00. The molecule has 0 aliphatic carbocycles. The van der Waals surface area contributed by atoms with Gasteiger partial charge in [0, 0.05) is 0 Å². The molecule has 5 nitrogen and oxygen atoms in total. The first-order chi connectivity index (χ1) is 12.7. The zero-order chi connectivity index (χ0) is 18.2. The van der Waals surface area contributed by atoms with Crippen LogP contribution in [-0.4, -0.2) is 24.5 Å². The van der Waals surface area contributed by atoms with E-state index in [1.807, 2.05) is 60.7 Å². The molecular formula is C21H24N2O3. The number of hydrogen-bond donors (Lipinski definition) is 2. The van der Waals surface area contributed by atoms with Gasteiger partial charge in [-0.3, -0.25) is 9.59 Å². The highest BCUT2D eigenvalue weighted by atomic mass is 16.5. The largest absolute Gasteiger partial charge is 0.461 e. The van der Waals surface area contributed by atoms with Crippen LogP contribution in [0.1, 0.15) is 36.4 Å². The van der Waals surface area contributed by atoms with Gasteiger partial charge < -0.3 is 15.4 Å². The van der Waals surface area contributed by atoms with Crippen molar-refractivity contribution in [3.63, 3.8) is 0 Å². The highest BCUT2D eigenvalue weighted by Crippen LogP contribution is 2.19. The summed E-state index contributed by atoms with van der Waals surface area (Å²) in [6.07, 6.45) is 1.92. The van der Waals surface area contributed by atoms with E-state index in [9.17, 15) is 9.59 Å². The fraction of sp³-hybridized carbons (Fsp3) is 0.333. The minimum Gasteiger partial charge on any atom is -0.461 e. The molecule has 0 radical (unpaired) electrons. The highest BCUT2D eigenvalue weighted by Gasteiger charge is 2.26. The van der Waals surface area contributed by atoms with Gasteiger partial charge in [0.1, 0.15) is 6.61 Å². The molecule has 1 heterocycles. The van der Waals surface area contributed by atoms with E-state index in [2.05, 4.69) is 10.6 Å². The summed E-state index contributed by atoms with van der Waals surface area (Å²) in [6, 6.07) is 18.5. The van der Waals surface area contributed by atoms with Crippen molar-refractivity contribution in [3.05, 3.63) is 71.8 Å². The molecule has 26 heavy (non-hydrogen) atoms. The number of ether oxygens (including phenoxy) is 1. The standard InChI is InChI=1S/C21H24N2O3/c24-20(26-15-16-8-3-1-4-9-16)14-19(17-10-5-2-6-11-17)23-21(25)18-12-7-13-22-18/h1-6,8-11,18-19,22H,7,12-15H2,(H,23,25)/t18-,19-/m1/s1. The first-order valence-corrected chi connectivity index (χ1v) is 9.00. The Balaban J connectivity index is 1.61. The van der Waals surface area contributed by atoms with Gasteiger partial charge >= 0.3 is 5.97 Å². The lowest BCUT2D eigenvalue weighted by molar-refractivity contribution is -0.145. The maximum Gasteiger partial charge on any atom is 0.308 e. The predicted octanol–water partition coefficient (Wildman–Crippen LogP) is 2.73. The van der Waals surface area contributed by atoms with Crippen LogP contribution in [0.3, 0.4) is 0 Å². The summed E-state index contributed by atoms with van der Waals surface area (Å²) in [5, 5.41) is 6.19. The van der Waals surface area contributed by atoms with Crippen molar-refractivity contribution in [1.82, 2.24) is 10.6 Å². The van der Waals surface area contributed by atoms with E-state index < -0.39 is 6.04 Å². The molecule has 2 aromatic rings. The van der Waals surface area contributed by atoms with Gasteiger partial charge in [-0.05, 0) is 30.5 Å². The van der Waals surface area contributed by atoms with Gasteiger partial charge in [0.15, 0.2) is 0 Å². The molecule has 3 rings (SSSR count). The minimum atomic E-state index is -0.394. The van der Waals surface area contributed by atoms with E-state index >= 15 is 0 Å². The molecule has 1 saturated heterocycles. The van der Waals surface area contributed by atoms with Crippen LogP contribution in [0.4, 0.5) is 0 Å². The van der Waals surface area contributed by atoms with Crippen molar-refractivity contribution in [2.75, 3.05) is 6.54 Å². The molecule has 0 saturated carbocycles. The number of carbonyl (C=O) groups is 2. The molecule has 5 heteroatoms. The average Bonchev–Trinajstić information content (AvgIpc) is 3.22. The lowest BCUT2D eigenvalue weighted by atomic mass is 10.0. The maximum absolute atomic E-state index is 12.5. The SMILES string of the molecule is O=C(C[C@@H](NC(=O)[C@H]1CCCN1)c1ccccc1)OCc1ccccc1. The Morgan fingerprint density at radius 2 is 1.77 bits per heavy atom. The van der Waals surface area contributed by atoms with Gasteiger partial charge in [-0.25, -0.2) is 0 Å². The number of nitrogens with one attached hydrogen (secondary N) is 2. The lowest BCUT2D eigenvalue weighted by Crippen LogP contribution is -2.42. The second-order valence-corrected chi connectivity index (χ2v) is 6.47. The molecule has 1 aliphatic heterocycles. The molecule has 1 aliphatic rings. The van der Waals surface area contributed by atoms with Crippen molar-refractivity contribution in [2.45, 2.75) is 38.0 Å². The third-order valence-electron chi connectivity index (χ3n) is 4.51. The Morgan fingerprint density at radius 3 is 2.42 bits per heavy atom. The van der Waals surface area contributed by atoms with Crippen LogP contribution < -0.4 is 10.6 Å². The molecule has 0 bridgehead atoms. The van der Waals surface area contributed by atoms with E-state index in [0.29, 0.717) is 0 Å². The molecule has 136 valence electrons. The summed E-state index contributed by atoms with van der Waals surface area (Å²) in [5.74, 6) is -0.394. The van der Waals surface area contributed by atoms with Crippen molar-refractivity contribution >= 4 is 11.9 Å². The Kier molecular flexibility index (Phi) is 6.39. The fourth-order valence-electron chi connectivity index (χ4n) is 3.08. The van der Waals surface area contributed by atoms with E-state index in [1.165, 1.54) is 0 Å². The van der Waals surface area contributed by atoms with Gasteiger partial charge in [0.25, 0.3) is 0 Å². The summed E-state index contributed by atoms with van der Waals surface area (Å²) in [4.78, 5) is 24.8. The van der Waals surface area contributed by atoms with E-state index in [0.717, 1.165) is 30.5 Å². The average molecular weight is 352 g/mol. The first kappa shape index (κ1) is 18.1. The third kappa shape index (κ3) is 5.17. The van der Waals surface area contributed by atoms with Crippen LogP contribution in [0.15, 0.2) is 60.7 Å². The van der Waals surface area contributed by atoms with Crippen molar-refractivity contribution in [1.29, 1.82) is 0 Å². The van der Waals surface area contributed by atoms with Crippen LogP contribution >= 0.6 is 0 Å². The van der Waals surface area contributed by atoms with Gasteiger partial charge in [0.2, 0.25) is 5.91 Å². The van der Waals surface area contributed by atoms with E-state index in [1.54, 1.807) is 0 Å². The van der Waals surface area contributed by atoms with E-state index in [4.69, 9.17) is 4.74 Å². The van der Waals surface area contributed by atoms with Crippen LogP contribution in [0.5, 0.6) is 0 Å². The number of hydrogen-bond acceptors (Lipinski definition) is 4. The summed E-state index contributed by atoms with van der Waals surface area (Å²) < 4.78 is 5.38. The van der Waals surface area contributed by atoms with Crippen molar-refractivity contribution in [3.8, 4) is 0 Å². The molecule has 0 spiro atoms. The van der Waals surface area contributed by atoms with Gasteiger partial charge in [-0.2, -0.15) is 0 Å². The quantitative estimate of drug-likeness (QED) is 0.752. The number of rotatable bonds is 7. The van der Waals surface area contributed by atoms with Crippen molar-refractivity contribution < 1.29 is 14.3 Å². The van der Waals surface area contributed by atoms with Crippen LogP contribution in [0.2, 0.25) is 0 Å². The van der Waals surface area contributed by atoms with Crippen LogP contribution in [-0.2, 0) is 20.9 Å². The monoisotopic (exact) mass is 352 g/mol. The molecule has 2 aromatic carbocycles. The van der Waals surface area contributed by atoms with Crippen molar-refractivity contribution in [2.24, 2.45) is 0 Å². The Labute approximate surface area is 153 Å². The fourth-order valence-corrected chi connectivity index (χ4v) is 3.08. The molecular weight excluding hydrogens is 328 g/mol. The number of benzene rings is 2. The molecule has 1 amide bonds.